The van der Waals surface area contributed by atoms with Gasteiger partial charge >= 0.3 is 0 Å². The van der Waals surface area contributed by atoms with E-state index in [1.54, 1.807) is 20.1 Å². The van der Waals surface area contributed by atoms with Gasteiger partial charge in [-0.1, -0.05) is 11.6 Å². The van der Waals surface area contributed by atoms with E-state index in [-0.39, 0.29) is 11.9 Å². The summed E-state index contributed by atoms with van der Waals surface area (Å²) in [4.78, 5) is 13.4. The minimum absolute atomic E-state index is 0.0367. The number of ketones is 1. The Morgan fingerprint density at radius 3 is 2.82 bits per heavy atom. The molecule has 17 heavy (non-hydrogen) atoms. The van der Waals surface area contributed by atoms with Crippen molar-refractivity contribution in [1.29, 1.82) is 0 Å². The first kappa shape index (κ1) is 12.4. The van der Waals surface area contributed by atoms with E-state index in [9.17, 15) is 4.79 Å². The van der Waals surface area contributed by atoms with Gasteiger partial charge in [0.25, 0.3) is 0 Å². The Kier molecular flexibility index (Phi) is 3.69. The number of rotatable bonds is 3. The summed E-state index contributed by atoms with van der Waals surface area (Å²) >= 11 is 6.21. The maximum atomic E-state index is 11.2. The molecule has 1 atom stereocenters. The van der Waals surface area contributed by atoms with Gasteiger partial charge in [0.15, 0.2) is 5.78 Å². The van der Waals surface area contributed by atoms with E-state index in [0.717, 1.165) is 25.2 Å². The second-order valence-electron chi connectivity index (χ2n) is 4.31. The number of ether oxygens (including phenoxy) is 1. The van der Waals surface area contributed by atoms with E-state index >= 15 is 0 Å². The average Bonchev–Trinajstić information content (AvgIpc) is 2.77. The lowest BCUT2D eigenvalue weighted by Gasteiger charge is -2.20. The SMILES string of the molecule is COC1CCN(c2ccc(C(C)=O)cc2Cl)C1. The first-order valence-corrected chi connectivity index (χ1v) is 6.08. The molecule has 4 heteroatoms. The molecule has 0 aromatic heterocycles. The van der Waals surface area contributed by atoms with Crippen LogP contribution in [0.1, 0.15) is 23.7 Å². The van der Waals surface area contributed by atoms with Gasteiger partial charge in [-0.05, 0) is 31.5 Å². The minimum atomic E-state index is 0.0367. The molecule has 1 aliphatic rings. The normalized spacial score (nSPS) is 19.7. The molecule has 1 saturated heterocycles. The molecular weight excluding hydrogens is 238 g/mol. The molecule has 1 aromatic carbocycles. The van der Waals surface area contributed by atoms with E-state index in [4.69, 9.17) is 16.3 Å². The van der Waals surface area contributed by atoms with Crippen LogP contribution in [0.25, 0.3) is 0 Å². The molecule has 1 aromatic rings. The van der Waals surface area contributed by atoms with Crippen LogP contribution in [0.2, 0.25) is 5.02 Å². The molecule has 92 valence electrons. The Morgan fingerprint density at radius 2 is 2.29 bits per heavy atom. The van der Waals surface area contributed by atoms with Gasteiger partial charge in [-0.3, -0.25) is 4.79 Å². The van der Waals surface area contributed by atoms with Crippen LogP contribution in [-0.2, 0) is 4.74 Å². The second kappa shape index (κ2) is 5.07. The standard InChI is InChI=1S/C13H16ClNO2/c1-9(16)10-3-4-13(12(14)7-10)15-6-5-11(8-15)17-2/h3-4,7,11H,5-6,8H2,1-2H3. The van der Waals surface area contributed by atoms with E-state index in [2.05, 4.69) is 4.90 Å². The molecule has 0 spiro atoms. The molecule has 3 nitrogen and oxygen atoms in total. The smallest absolute Gasteiger partial charge is 0.159 e. The third kappa shape index (κ3) is 2.61. The summed E-state index contributed by atoms with van der Waals surface area (Å²) < 4.78 is 5.33. The fourth-order valence-electron chi connectivity index (χ4n) is 2.12. The number of carbonyl (C=O) groups is 1. The topological polar surface area (TPSA) is 29.5 Å². The molecule has 1 aliphatic heterocycles. The van der Waals surface area contributed by atoms with E-state index < -0.39 is 0 Å². The Labute approximate surface area is 106 Å². The van der Waals surface area contributed by atoms with Crippen molar-refractivity contribution in [1.82, 2.24) is 0 Å². The summed E-state index contributed by atoms with van der Waals surface area (Å²) in [6, 6.07) is 5.47. The van der Waals surface area contributed by atoms with Crippen molar-refractivity contribution in [3.8, 4) is 0 Å². The Hall–Kier alpha value is -1.06. The molecule has 1 fully saturated rings. The van der Waals surface area contributed by atoms with Crippen molar-refractivity contribution in [3.63, 3.8) is 0 Å². The number of nitrogens with zero attached hydrogens (tertiary/aromatic N) is 1. The van der Waals surface area contributed by atoms with Crippen LogP contribution >= 0.6 is 11.6 Å². The number of carbonyl (C=O) groups excluding carboxylic acids is 1. The van der Waals surface area contributed by atoms with Crippen LogP contribution in [0, 0.1) is 0 Å². The van der Waals surface area contributed by atoms with Crippen molar-refractivity contribution >= 4 is 23.1 Å². The maximum absolute atomic E-state index is 11.2. The molecule has 2 rings (SSSR count). The van der Waals surface area contributed by atoms with Crippen LogP contribution in [0.3, 0.4) is 0 Å². The average molecular weight is 254 g/mol. The number of hydrogen-bond acceptors (Lipinski definition) is 3. The molecule has 0 aliphatic carbocycles. The Morgan fingerprint density at radius 1 is 1.53 bits per heavy atom. The molecule has 0 saturated carbocycles. The number of benzene rings is 1. The Bertz CT molecular complexity index is 433. The van der Waals surface area contributed by atoms with Gasteiger partial charge in [0.1, 0.15) is 0 Å². The van der Waals surface area contributed by atoms with Gasteiger partial charge in [-0.25, -0.2) is 0 Å². The van der Waals surface area contributed by atoms with Crippen LogP contribution < -0.4 is 4.90 Å². The molecular formula is C13H16ClNO2. The lowest BCUT2D eigenvalue weighted by atomic mass is 10.1. The van der Waals surface area contributed by atoms with E-state index in [1.807, 2.05) is 12.1 Å². The summed E-state index contributed by atoms with van der Waals surface area (Å²) in [5.74, 6) is 0.0367. The van der Waals surface area contributed by atoms with Gasteiger partial charge in [0.05, 0.1) is 16.8 Å². The quantitative estimate of drug-likeness (QED) is 0.776. The molecule has 0 bridgehead atoms. The zero-order valence-corrected chi connectivity index (χ0v) is 10.8. The van der Waals surface area contributed by atoms with Crippen LogP contribution in [0.4, 0.5) is 5.69 Å². The molecule has 0 radical (unpaired) electrons. The summed E-state index contributed by atoms with van der Waals surface area (Å²) in [6.07, 6.45) is 1.29. The van der Waals surface area contributed by atoms with Crippen LogP contribution in [0.15, 0.2) is 18.2 Å². The molecule has 0 N–H and O–H groups in total. The fourth-order valence-corrected chi connectivity index (χ4v) is 2.42. The predicted molar refractivity (Wildman–Crippen MR) is 69.1 cm³/mol. The number of hydrogen-bond donors (Lipinski definition) is 0. The van der Waals surface area contributed by atoms with Crippen molar-refractivity contribution in [2.75, 3.05) is 25.1 Å². The van der Waals surface area contributed by atoms with Gasteiger partial charge in [0.2, 0.25) is 0 Å². The second-order valence-corrected chi connectivity index (χ2v) is 4.72. The number of methoxy groups -OCH3 is 1. The van der Waals surface area contributed by atoms with Gasteiger partial charge < -0.3 is 9.64 Å². The third-order valence-corrected chi connectivity index (χ3v) is 3.48. The maximum Gasteiger partial charge on any atom is 0.159 e. The highest BCUT2D eigenvalue weighted by Crippen LogP contribution is 2.30. The Balaban J connectivity index is 2.20. The summed E-state index contributed by atoms with van der Waals surface area (Å²) in [6.45, 7) is 3.34. The lowest BCUT2D eigenvalue weighted by Crippen LogP contribution is -2.22. The highest BCUT2D eigenvalue weighted by atomic mass is 35.5. The molecule has 0 amide bonds. The number of halogens is 1. The highest BCUT2D eigenvalue weighted by molar-refractivity contribution is 6.33. The number of anilines is 1. The van der Waals surface area contributed by atoms with E-state index in [1.165, 1.54) is 0 Å². The van der Waals surface area contributed by atoms with Gasteiger partial charge in [-0.2, -0.15) is 0 Å². The first-order valence-electron chi connectivity index (χ1n) is 5.70. The summed E-state index contributed by atoms with van der Waals surface area (Å²) in [7, 11) is 1.73. The predicted octanol–water partition coefficient (Wildman–Crippen LogP) is 2.77. The van der Waals surface area contributed by atoms with Crippen molar-refractivity contribution in [2.24, 2.45) is 0 Å². The van der Waals surface area contributed by atoms with Gasteiger partial charge in [0, 0.05) is 25.8 Å². The highest BCUT2D eigenvalue weighted by Gasteiger charge is 2.23. The molecule has 1 unspecified atom stereocenters. The zero-order chi connectivity index (χ0) is 12.4. The lowest BCUT2D eigenvalue weighted by molar-refractivity contribution is 0.101. The summed E-state index contributed by atoms with van der Waals surface area (Å²) in [5.41, 5.74) is 1.64. The van der Waals surface area contributed by atoms with Crippen molar-refractivity contribution in [3.05, 3.63) is 28.8 Å². The third-order valence-electron chi connectivity index (χ3n) is 3.17. The first-order chi connectivity index (χ1) is 8.11. The van der Waals surface area contributed by atoms with E-state index in [0.29, 0.717) is 10.6 Å². The van der Waals surface area contributed by atoms with Crippen molar-refractivity contribution in [2.45, 2.75) is 19.4 Å². The minimum Gasteiger partial charge on any atom is -0.380 e. The van der Waals surface area contributed by atoms with Crippen LogP contribution in [0.5, 0.6) is 0 Å². The van der Waals surface area contributed by atoms with Gasteiger partial charge in [-0.15, -0.1) is 0 Å². The van der Waals surface area contributed by atoms with Crippen molar-refractivity contribution < 1.29 is 9.53 Å². The number of Topliss-reactive ketones (excluding diaryl/α,β-unsaturated/α-hetero) is 1. The largest absolute Gasteiger partial charge is 0.380 e. The monoisotopic (exact) mass is 253 g/mol. The van der Waals surface area contributed by atoms with Crippen LogP contribution in [-0.4, -0.2) is 32.1 Å². The summed E-state index contributed by atoms with van der Waals surface area (Å²) in [5, 5.41) is 0.634. The zero-order valence-electron chi connectivity index (χ0n) is 10.1. The molecule has 1 heterocycles. The fraction of sp³-hybridized carbons (Fsp3) is 0.462.